The summed E-state index contributed by atoms with van der Waals surface area (Å²) in [4.78, 5) is 0. The third kappa shape index (κ3) is 4.65. The monoisotopic (exact) mass is 311 g/mol. The Kier molecular flexibility index (Phi) is 5.87. The lowest BCUT2D eigenvalue weighted by Gasteiger charge is -2.13. The average molecular weight is 311 g/mol. The fourth-order valence-corrected chi connectivity index (χ4v) is 2.08. The van der Waals surface area contributed by atoms with Gasteiger partial charge in [-0.1, -0.05) is 6.07 Å². The highest BCUT2D eigenvalue weighted by molar-refractivity contribution is 5.46. The van der Waals surface area contributed by atoms with Crippen LogP contribution in [0.5, 0.6) is 17.2 Å². The Morgan fingerprint density at radius 1 is 0.870 bits per heavy atom. The van der Waals surface area contributed by atoms with Crippen molar-refractivity contribution < 1.29 is 14.2 Å². The molecule has 0 bridgehead atoms. The number of nitrogens with zero attached hydrogens (tertiary/aromatic N) is 1. The first-order valence-corrected chi connectivity index (χ1v) is 7.64. The van der Waals surface area contributed by atoms with Crippen molar-refractivity contribution in [1.82, 2.24) is 0 Å². The van der Waals surface area contributed by atoms with Gasteiger partial charge in [0.25, 0.3) is 0 Å². The van der Waals surface area contributed by atoms with Gasteiger partial charge in [-0.3, -0.25) is 0 Å². The molecule has 0 amide bonds. The summed E-state index contributed by atoms with van der Waals surface area (Å²) in [5.74, 6) is 2.04. The first-order valence-electron chi connectivity index (χ1n) is 7.64. The van der Waals surface area contributed by atoms with Gasteiger partial charge in [0.05, 0.1) is 18.2 Å². The number of rotatable bonds is 7. The number of aryl methyl sites for hydroxylation is 2. The molecule has 4 heteroatoms. The molecule has 0 saturated carbocycles. The van der Waals surface area contributed by atoms with Crippen molar-refractivity contribution in [3.63, 3.8) is 0 Å². The van der Waals surface area contributed by atoms with Crippen molar-refractivity contribution in [1.29, 1.82) is 5.26 Å². The van der Waals surface area contributed by atoms with E-state index >= 15 is 0 Å². The zero-order valence-corrected chi connectivity index (χ0v) is 13.8. The van der Waals surface area contributed by atoms with Crippen LogP contribution < -0.4 is 14.2 Å². The Morgan fingerprint density at radius 2 is 1.65 bits per heavy atom. The fraction of sp³-hybridized carbons (Fsp3) is 0.316. The lowest BCUT2D eigenvalue weighted by Crippen LogP contribution is -2.10. The summed E-state index contributed by atoms with van der Waals surface area (Å²) < 4.78 is 16.9. The molecule has 0 aliphatic rings. The van der Waals surface area contributed by atoms with Gasteiger partial charge in [0, 0.05) is 6.07 Å². The molecule has 0 radical (unpaired) electrons. The van der Waals surface area contributed by atoms with Crippen molar-refractivity contribution >= 4 is 0 Å². The maximum Gasteiger partial charge on any atom is 0.162 e. The number of hydrogen-bond acceptors (Lipinski definition) is 4. The van der Waals surface area contributed by atoms with E-state index in [2.05, 4.69) is 19.9 Å². The number of benzene rings is 2. The first-order chi connectivity index (χ1) is 11.1. The summed E-state index contributed by atoms with van der Waals surface area (Å²) in [7, 11) is 0. The summed E-state index contributed by atoms with van der Waals surface area (Å²) in [6.07, 6.45) is 0. The number of ether oxygens (including phenoxy) is 3. The summed E-state index contributed by atoms with van der Waals surface area (Å²) in [5, 5.41) is 8.94. The lowest BCUT2D eigenvalue weighted by atomic mass is 10.1. The molecule has 4 nitrogen and oxygen atoms in total. The summed E-state index contributed by atoms with van der Waals surface area (Å²) in [6, 6.07) is 13.2. The van der Waals surface area contributed by atoms with Crippen molar-refractivity contribution in [2.75, 3.05) is 19.8 Å². The normalized spacial score (nSPS) is 10.0. The molecule has 2 rings (SSSR count). The fourth-order valence-electron chi connectivity index (χ4n) is 2.08. The molecule has 0 fully saturated rings. The molecule has 23 heavy (non-hydrogen) atoms. The highest BCUT2D eigenvalue weighted by Gasteiger charge is 2.06. The summed E-state index contributed by atoms with van der Waals surface area (Å²) in [6.45, 7) is 7.38. The van der Waals surface area contributed by atoms with Gasteiger partial charge >= 0.3 is 0 Å². The zero-order valence-electron chi connectivity index (χ0n) is 13.8. The maximum atomic E-state index is 8.94. The molecule has 0 heterocycles. The van der Waals surface area contributed by atoms with Gasteiger partial charge in [0.15, 0.2) is 11.5 Å². The minimum atomic E-state index is 0.402. The third-order valence-electron chi connectivity index (χ3n) is 3.46. The second-order valence-electron chi connectivity index (χ2n) is 5.15. The van der Waals surface area contributed by atoms with E-state index in [1.165, 1.54) is 11.1 Å². The van der Waals surface area contributed by atoms with Gasteiger partial charge in [0.1, 0.15) is 19.0 Å². The van der Waals surface area contributed by atoms with Crippen LogP contribution in [0.15, 0.2) is 36.4 Å². The molecule has 0 aromatic heterocycles. The second-order valence-corrected chi connectivity index (χ2v) is 5.15. The predicted molar refractivity (Wildman–Crippen MR) is 89.2 cm³/mol. The Balaban J connectivity index is 1.90. The van der Waals surface area contributed by atoms with Gasteiger partial charge in [-0.15, -0.1) is 0 Å². The van der Waals surface area contributed by atoms with Crippen LogP contribution in [0.4, 0.5) is 0 Å². The van der Waals surface area contributed by atoms with E-state index in [4.69, 9.17) is 19.5 Å². The highest BCUT2D eigenvalue weighted by atomic mass is 16.5. The van der Waals surface area contributed by atoms with Gasteiger partial charge in [-0.05, 0) is 56.2 Å². The van der Waals surface area contributed by atoms with E-state index in [9.17, 15) is 0 Å². The quantitative estimate of drug-likeness (QED) is 0.724. The van der Waals surface area contributed by atoms with E-state index in [0.29, 0.717) is 36.9 Å². The molecule has 0 aliphatic heterocycles. The van der Waals surface area contributed by atoms with Crippen LogP contribution in [0.1, 0.15) is 23.6 Å². The van der Waals surface area contributed by atoms with Crippen LogP contribution in [0.2, 0.25) is 0 Å². The number of hydrogen-bond donors (Lipinski definition) is 0. The van der Waals surface area contributed by atoms with E-state index in [-0.39, 0.29) is 0 Å². The van der Waals surface area contributed by atoms with Crippen LogP contribution in [0.3, 0.4) is 0 Å². The van der Waals surface area contributed by atoms with Gasteiger partial charge in [-0.25, -0.2) is 0 Å². The maximum absolute atomic E-state index is 8.94. The molecule has 2 aromatic rings. The molecule has 0 unspecified atom stereocenters. The topological polar surface area (TPSA) is 51.5 Å². The SMILES string of the molecule is CCOc1cc(C#N)ccc1OCCOc1ccc(C)c(C)c1. The second kappa shape index (κ2) is 8.09. The molecule has 0 atom stereocenters. The van der Waals surface area contributed by atoms with Gasteiger partial charge in [-0.2, -0.15) is 5.26 Å². The Bertz CT molecular complexity index is 704. The molecule has 0 spiro atoms. The standard InChI is InChI=1S/C19H21NO3/c1-4-21-19-12-16(13-20)6-8-18(19)23-10-9-22-17-7-5-14(2)15(3)11-17/h5-8,11-12H,4,9-10H2,1-3H3. The van der Waals surface area contributed by atoms with Crippen molar-refractivity contribution in [2.45, 2.75) is 20.8 Å². The molecule has 0 saturated heterocycles. The van der Waals surface area contributed by atoms with Gasteiger partial charge < -0.3 is 14.2 Å². The Labute approximate surface area is 137 Å². The smallest absolute Gasteiger partial charge is 0.162 e. The predicted octanol–water partition coefficient (Wildman–Crippen LogP) is 4.03. The van der Waals surface area contributed by atoms with Crippen LogP contribution in [-0.2, 0) is 0 Å². The van der Waals surface area contributed by atoms with E-state index in [0.717, 1.165) is 5.75 Å². The van der Waals surface area contributed by atoms with Crippen molar-refractivity contribution in [3.05, 3.63) is 53.1 Å². The molecule has 120 valence electrons. The minimum absolute atomic E-state index is 0.402. The lowest BCUT2D eigenvalue weighted by molar-refractivity contribution is 0.208. The van der Waals surface area contributed by atoms with Crippen LogP contribution in [0.25, 0.3) is 0 Å². The minimum Gasteiger partial charge on any atom is -0.490 e. The van der Waals surface area contributed by atoms with E-state index in [1.807, 2.05) is 25.1 Å². The summed E-state index contributed by atoms with van der Waals surface area (Å²) in [5.41, 5.74) is 2.99. The van der Waals surface area contributed by atoms with Crippen molar-refractivity contribution in [3.8, 4) is 23.3 Å². The third-order valence-corrected chi connectivity index (χ3v) is 3.46. The largest absolute Gasteiger partial charge is 0.490 e. The van der Waals surface area contributed by atoms with Crippen LogP contribution in [0, 0.1) is 25.2 Å². The average Bonchev–Trinajstić information content (AvgIpc) is 2.56. The molecule has 2 aromatic carbocycles. The Morgan fingerprint density at radius 3 is 2.35 bits per heavy atom. The van der Waals surface area contributed by atoms with E-state index in [1.54, 1.807) is 18.2 Å². The van der Waals surface area contributed by atoms with Gasteiger partial charge in [0.2, 0.25) is 0 Å². The first kappa shape index (κ1) is 16.7. The highest BCUT2D eigenvalue weighted by Crippen LogP contribution is 2.28. The Hall–Kier alpha value is -2.67. The molecular formula is C19H21NO3. The van der Waals surface area contributed by atoms with Crippen LogP contribution in [-0.4, -0.2) is 19.8 Å². The number of nitriles is 1. The zero-order chi connectivity index (χ0) is 16.7. The van der Waals surface area contributed by atoms with Crippen molar-refractivity contribution in [2.24, 2.45) is 0 Å². The van der Waals surface area contributed by atoms with E-state index < -0.39 is 0 Å². The molecule has 0 aliphatic carbocycles. The molecule has 0 N–H and O–H groups in total. The van der Waals surface area contributed by atoms with Crippen LogP contribution >= 0.6 is 0 Å². The summed E-state index contributed by atoms with van der Waals surface area (Å²) >= 11 is 0. The molecular weight excluding hydrogens is 290 g/mol.